The highest BCUT2D eigenvalue weighted by molar-refractivity contribution is 9.10. The highest BCUT2D eigenvalue weighted by Crippen LogP contribution is 2.36. The van der Waals surface area contributed by atoms with E-state index < -0.39 is 0 Å². The molecule has 1 fully saturated rings. The third-order valence-corrected chi connectivity index (χ3v) is 4.77. The Morgan fingerprint density at radius 3 is 2.62 bits per heavy atom. The molecule has 130 valence electrons. The van der Waals surface area contributed by atoms with Gasteiger partial charge in [-0.2, -0.15) is 0 Å². The van der Waals surface area contributed by atoms with E-state index in [-0.39, 0.29) is 18.0 Å². The highest BCUT2D eigenvalue weighted by Gasteiger charge is 2.35. The Morgan fingerprint density at radius 2 is 2.04 bits per heavy atom. The van der Waals surface area contributed by atoms with Gasteiger partial charge in [0.2, 0.25) is 0 Å². The number of benzene rings is 1. The molecule has 0 unspecified atom stereocenters. The van der Waals surface area contributed by atoms with Crippen LogP contribution in [0.15, 0.2) is 32.6 Å². The predicted molar refractivity (Wildman–Crippen MR) is 105 cm³/mol. The molecule has 0 radical (unpaired) electrons. The number of thioether (sulfide) groups is 1. The predicted octanol–water partition coefficient (Wildman–Crippen LogP) is 4.94. The van der Waals surface area contributed by atoms with Gasteiger partial charge >= 0.3 is 0 Å². The molecule has 0 bridgehead atoms. The third kappa shape index (κ3) is 4.42. The first kappa shape index (κ1) is 19.1. The summed E-state index contributed by atoms with van der Waals surface area (Å²) >= 11 is 4.91. The van der Waals surface area contributed by atoms with E-state index in [2.05, 4.69) is 20.9 Å². The van der Waals surface area contributed by atoms with Crippen molar-refractivity contribution >= 4 is 44.8 Å². The van der Waals surface area contributed by atoms with Gasteiger partial charge in [-0.25, -0.2) is 0 Å². The number of rotatable bonds is 5. The molecule has 0 aliphatic carbocycles. The van der Waals surface area contributed by atoms with E-state index in [1.165, 1.54) is 11.8 Å². The first-order valence-corrected chi connectivity index (χ1v) is 9.67. The smallest absolute Gasteiger partial charge is 0.266 e. The normalized spacial score (nSPS) is 18.5. The topological polar surface area (TPSA) is 41.9 Å². The summed E-state index contributed by atoms with van der Waals surface area (Å²) in [5, 5.41) is 0.768. The summed E-state index contributed by atoms with van der Waals surface area (Å²) < 4.78 is 6.62. The monoisotopic (exact) mass is 410 g/mol. The van der Waals surface area contributed by atoms with Crippen LogP contribution in [0.5, 0.6) is 5.75 Å². The molecular weight excluding hydrogens is 388 g/mol. The SMILES string of the molecule is CCOc1ccc(Br)cc1/C=C1/SC(=NC(C)C)N(C(C)C)C1=O. The van der Waals surface area contributed by atoms with Crippen LogP contribution in [0.4, 0.5) is 0 Å². The van der Waals surface area contributed by atoms with E-state index in [1.54, 1.807) is 4.90 Å². The molecule has 1 aliphatic heterocycles. The zero-order valence-electron chi connectivity index (χ0n) is 14.7. The third-order valence-electron chi connectivity index (χ3n) is 3.28. The van der Waals surface area contributed by atoms with Crippen LogP contribution in [-0.4, -0.2) is 34.7 Å². The molecule has 4 nitrogen and oxygen atoms in total. The Hall–Kier alpha value is -1.27. The minimum atomic E-state index is -0.00294. The number of amidine groups is 1. The number of carbonyl (C=O) groups is 1. The number of hydrogen-bond acceptors (Lipinski definition) is 4. The second kappa shape index (κ2) is 8.21. The van der Waals surface area contributed by atoms with Gasteiger partial charge in [-0.05, 0) is 70.7 Å². The van der Waals surface area contributed by atoms with Crippen LogP contribution in [-0.2, 0) is 4.79 Å². The van der Waals surface area contributed by atoms with Crippen LogP contribution in [0.2, 0.25) is 0 Å². The largest absolute Gasteiger partial charge is 0.493 e. The summed E-state index contributed by atoms with van der Waals surface area (Å²) in [6.45, 7) is 10.6. The van der Waals surface area contributed by atoms with Crippen molar-refractivity contribution in [2.45, 2.75) is 46.7 Å². The summed E-state index contributed by atoms with van der Waals surface area (Å²) in [6.07, 6.45) is 1.89. The molecule has 1 amide bonds. The molecule has 2 rings (SSSR count). The molecule has 0 atom stereocenters. The van der Waals surface area contributed by atoms with Crippen molar-refractivity contribution < 1.29 is 9.53 Å². The van der Waals surface area contributed by atoms with Crippen molar-refractivity contribution in [1.82, 2.24) is 4.90 Å². The quantitative estimate of drug-likeness (QED) is 0.645. The highest BCUT2D eigenvalue weighted by atomic mass is 79.9. The maximum absolute atomic E-state index is 12.8. The van der Waals surface area contributed by atoms with Crippen LogP contribution >= 0.6 is 27.7 Å². The van der Waals surface area contributed by atoms with E-state index in [1.807, 2.05) is 58.9 Å². The fourth-order valence-electron chi connectivity index (χ4n) is 2.31. The van der Waals surface area contributed by atoms with E-state index in [0.29, 0.717) is 11.5 Å². The van der Waals surface area contributed by atoms with E-state index in [4.69, 9.17) is 4.74 Å². The Bertz CT molecular complexity index is 684. The number of halogens is 1. The first-order valence-electron chi connectivity index (χ1n) is 8.06. The molecule has 1 aromatic rings. The lowest BCUT2D eigenvalue weighted by atomic mass is 10.2. The van der Waals surface area contributed by atoms with E-state index in [9.17, 15) is 4.79 Å². The molecule has 1 aliphatic rings. The number of ether oxygens (including phenoxy) is 1. The van der Waals surface area contributed by atoms with Gasteiger partial charge in [0.05, 0.1) is 11.5 Å². The van der Waals surface area contributed by atoms with Crippen LogP contribution in [0, 0.1) is 0 Å². The molecule has 24 heavy (non-hydrogen) atoms. The van der Waals surface area contributed by atoms with Gasteiger partial charge in [0, 0.05) is 22.1 Å². The average molecular weight is 411 g/mol. The Kier molecular flexibility index (Phi) is 6.52. The molecular formula is C18H23BrN2O2S. The summed E-state index contributed by atoms with van der Waals surface area (Å²) in [7, 11) is 0. The zero-order valence-corrected chi connectivity index (χ0v) is 17.1. The van der Waals surface area contributed by atoms with Gasteiger partial charge < -0.3 is 4.74 Å². The van der Waals surface area contributed by atoms with Crippen LogP contribution in [0.1, 0.15) is 40.2 Å². The number of nitrogens with zero attached hydrogens (tertiary/aromatic N) is 2. The molecule has 0 saturated carbocycles. The van der Waals surface area contributed by atoms with E-state index in [0.717, 1.165) is 21.0 Å². The lowest BCUT2D eigenvalue weighted by Crippen LogP contribution is -2.35. The summed E-state index contributed by atoms with van der Waals surface area (Å²) in [6, 6.07) is 6.02. The fraction of sp³-hybridized carbons (Fsp3) is 0.444. The fourth-order valence-corrected chi connectivity index (χ4v) is 3.92. The van der Waals surface area contributed by atoms with Gasteiger partial charge in [-0.15, -0.1) is 0 Å². The second-order valence-corrected chi connectivity index (χ2v) is 7.92. The first-order chi connectivity index (χ1) is 11.3. The number of amides is 1. The minimum absolute atomic E-state index is 0.00294. The molecule has 1 saturated heterocycles. The lowest BCUT2D eigenvalue weighted by Gasteiger charge is -2.20. The van der Waals surface area contributed by atoms with Gasteiger partial charge in [-0.3, -0.25) is 14.7 Å². The van der Waals surface area contributed by atoms with Crippen LogP contribution in [0.25, 0.3) is 6.08 Å². The van der Waals surface area contributed by atoms with Crippen molar-refractivity contribution in [1.29, 1.82) is 0 Å². The van der Waals surface area contributed by atoms with Crippen molar-refractivity contribution in [3.8, 4) is 5.75 Å². The molecule has 6 heteroatoms. The van der Waals surface area contributed by atoms with Crippen molar-refractivity contribution in [3.05, 3.63) is 33.1 Å². The van der Waals surface area contributed by atoms with Gasteiger partial charge in [0.1, 0.15) is 5.75 Å². The minimum Gasteiger partial charge on any atom is -0.493 e. The van der Waals surface area contributed by atoms with Crippen LogP contribution in [0.3, 0.4) is 0 Å². The summed E-state index contributed by atoms with van der Waals surface area (Å²) in [4.78, 5) is 19.8. The van der Waals surface area contributed by atoms with Crippen molar-refractivity contribution in [2.24, 2.45) is 4.99 Å². The Labute approximate surface area is 156 Å². The average Bonchev–Trinajstić information content (AvgIpc) is 2.77. The standard InChI is InChI=1S/C18H23BrN2O2S/c1-6-23-15-8-7-14(19)9-13(15)10-16-17(22)21(12(4)5)18(24-16)20-11(2)3/h7-12H,6H2,1-5H3/b16-10+,20-18?. The maximum Gasteiger partial charge on any atom is 0.266 e. The Morgan fingerprint density at radius 1 is 1.33 bits per heavy atom. The zero-order chi connectivity index (χ0) is 17.9. The molecule has 0 N–H and O–H groups in total. The van der Waals surface area contributed by atoms with Crippen molar-refractivity contribution in [2.75, 3.05) is 6.61 Å². The molecule has 1 aromatic carbocycles. The summed E-state index contributed by atoms with van der Waals surface area (Å²) in [5.41, 5.74) is 0.886. The summed E-state index contributed by atoms with van der Waals surface area (Å²) in [5.74, 6) is 0.767. The molecule has 0 spiro atoms. The Balaban J connectivity index is 2.44. The molecule has 1 heterocycles. The lowest BCUT2D eigenvalue weighted by molar-refractivity contribution is -0.123. The number of carbonyl (C=O) groups excluding carboxylic acids is 1. The van der Waals surface area contributed by atoms with Gasteiger partial charge in [0.25, 0.3) is 5.91 Å². The van der Waals surface area contributed by atoms with E-state index >= 15 is 0 Å². The second-order valence-electron chi connectivity index (χ2n) is 6.00. The molecule has 0 aromatic heterocycles. The number of hydrogen-bond donors (Lipinski definition) is 0. The number of aliphatic imine (C=N–C) groups is 1. The van der Waals surface area contributed by atoms with Gasteiger partial charge in [0.15, 0.2) is 5.17 Å². The van der Waals surface area contributed by atoms with Crippen LogP contribution < -0.4 is 4.74 Å². The van der Waals surface area contributed by atoms with Gasteiger partial charge in [-0.1, -0.05) is 15.9 Å². The van der Waals surface area contributed by atoms with Crippen molar-refractivity contribution in [3.63, 3.8) is 0 Å². The maximum atomic E-state index is 12.8.